The normalized spacial score (nSPS) is 13.1. The Morgan fingerprint density at radius 1 is 0.228 bits per heavy atom. The van der Waals surface area contributed by atoms with E-state index in [1.807, 2.05) is 0 Å². The van der Waals surface area contributed by atoms with Crippen molar-refractivity contribution in [2.45, 2.75) is 0 Å². The average molecular weight is 1630 g/mol. The molecule has 101 heavy (non-hydrogen) atoms. The summed E-state index contributed by atoms with van der Waals surface area (Å²) in [6.07, 6.45) is 0. The minimum atomic E-state index is -0.718. The molecule has 0 spiro atoms. The van der Waals surface area contributed by atoms with E-state index in [0.717, 1.165) is 90.7 Å². The molecule has 6 nitrogen and oxygen atoms in total. The minimum absolute atomic E-state index is 0.180. The Kier molecular flexibility index (Phi) is 13.3. The number of fused-ring (bicyclic) bond motifs is 17. The van der Waals surface area contributed by atoms with Crippen molar-refractivity contribution in [1.29, 1.82) is 0 Å². The topological polar surface area (TPSA) is 25.4 Å². The predicted octanol–water partition coefficient (Wildman–Crippen LogP) is 19.2. The van der Waals surface area contributed by atoms with Crippen molar-refractivity contribution in [1.82, 2.24) is 0 Å². The van der Waals surface area contributed by atoms with Crippen molar-refractivity contribution in [2.24, 2.45) is 0 Å². The molecule has 0 bridgehead atoms. The summed E-state index contributed by atoms with van der Waals surface area (Å²) in [5, 5.41) is 8.24. The van der Waals surface area contributed by atoms with Gasteiger partial charge in [0.1, 0.15) is 0 Å². The molecule has 0 unspecified atom stereocenters. The quantitative estimate of drug-likeness (QED) is 0.134. The third kappa shape index (κ3) is 9.05. The van der Waals surface area contributed by atoms with Crippen LogP contribution in [0.4, 0.5) is 85.3 Å². The van der Waals surface area contributed by atoms with Gasteiger partial charge in [0.2, 0.25) is 0 Å². The second-order valence-electron chi connectivity index (χ2n) is 26.7. The van der Waals surface area contributed by atoms with Crippen molar-refractivity contribution < 1.29 is 4.74 Å². The van der Waals surface area contributed by atoms with E-state index in [4.69, 9.17) is 4.74 Å². The molecule has 0 fully saturated rings. The summed E-state index contributed by atoms with van der Waals surface area (Å²) in [7, 11) is 0. The van der Waals surface area contributed by atoms with E-state index < -0.39 is 61.3 Å². The second-order valence-corrected chi connectivity index (χ2v) is 35.9. The Hall–Kier alpha value is -10.4. The zero-order valence-electron chi connectivity index (χ0n) is 54.3. The number of ether oxygens (including phenoxy) is 1. The van der Waals surface area contributed by atoms with Gasteiger partial charge in [-0.25, -0.2) is 0 Å². The summed E-state index contributed by atoms with van der Waals surface area (Å²) in [6.45, 7) is -0.361. The van der Waals surface area contributed by atoms with Gasteiger partial charge in [-0.05, 0) is 36.4 Å². The first-order chi connectivity index (χ1) is 50.1. The van der Waals surface area contributed by atoms with Gasteiger partial charge in [0.15, 0.2) is 0 Å². The number of rotatable bonds is 9. The van der Waals surface area contributed by atoms with Crippen LogP contribution in [0.15, 0.2) is 334 Å². The Morgan fingerprint density at radius 2 is 0.624 bits per heavy atom. The third-order valence-electron chi connectivity index (χ3n) is 21.2. The average Bonchev–Trinajstić information content (AvgIpc) is 1.08. The monoisotopic (exact) mass is 1630 g/mol. The maximum atomic E-state index is 7.91. The van der Waals surface area contributed by atoms with E-state index in [9.17, 15) is 0 Å². The van der Waals surface area contributed by atoms with Crippen LogP contribution in [0.25, 0.3) is 52.7 Å². The summed E-state index contributed by atoms with van der Waals surface area (Å²) in [5.74, 6) is 1.70. The summed E-state index contributed by atoms with van der Waals surface area (Å²) < 4.78 is 16.8. The van der Waals surface area contributed by atoms with E-state index >= 15 is 0 Å². The molecule has 0 atom stereocenters. The molecule has 18 aromatic rings. The smallest absolute Gasteiger partial charge is 0.0380 e. The van der Waals surface area contributed by atoms with Crippen molar-refractivity contribution in [3.8, 4) is 11.5 Å². The molecule has 0 amide bonds. The van der Waals surface area contributed by atoms with Gasteiger partial charge in [-0.1, -0.05) is 60.7 Å². The number of anilines is 15. The molecule has 0 aliphatic carbocycles. The van der Waals surface area contributed by atoms with Crippen LogP contribution >= 0.6 is 0 Å². The summed E-state index contributed by atoms with van der Waals surface area (Å²) in [6, 6.07) is 126. The van der Waals surface area contributed by atoms with Crippen LogP contribution in [-0.4, -0.2) is 74.7 Å². The Labute approximate surface area is 614 Å². The van der Waals surface area contributed by atoms with Crippen LogP contribution in [-0.2, 0) is 0 Å². The SMILES string of the molecule is c1ccc(N(c2ccccc2)c2cc3c4c(c2)N(c2ccccc2)c2ccccc2B4c2cc4c(cc2O3)N(c2ccc3c(c2)[te]c2ccccc23)c2cc(N(c3ccccc3)c3ccc5c(c3)[te]c3ccccc35)cc3c2B4c2ccccc2N3c2ccc3c(c2)[te]c2ccccc23)cc1. The summed E-state index contributed by atoms with van der Waals surface area (Å²) in [5.41, 5.74) is 24.1. The fourth-order valence-corrected chi connectivity index (χ4v) is 26.7. The first kappa shape index (κ1) is 58.4. The van der Waals surface area contributed by atoms with Gasteiger partial charge in [0.25, 0.3) is 0 Å². The molecule has 11 heteroatoms. The maximum absolute atomic E-state index is 7.91. The van der Waals surface area contributed by atoms with Gasteiger partial charge >= 0.3 is 506 Å². The maximum Gasteiger partial charge on any atom is -0.0380 e. The first-order valence-corrected chi connectivity index (χ1v) is 41.4. The summed E-state index contributed by atoms with van der Waals surface area (Å²) >= 11 is -2.01. The molecule has 7 heterocycles. The van der Waals surface area contributed by atoms with E-state index in [2.05, 4.69) is 358 Å². The van der Waals surface area contributed by atoms with Gasteiger partial charge in [0, 0.05) is 17.1 Å². The number of nitrogens with zero attached hydrogens (tertiary/aromatic N) is 5. The van der Waals surface area contributed by atoms with Crippen LogP contribution in [0.5, 0.6) is 11.5 Å². The standard InChI is InChI=1S/C90H55B2N5OTe3/c1-5-23-56(24-6-1)93(57-25-7-2-8-26-57)64-49-80-90-82(50-64)98-81-55-77-73(54-74(81)92(90)72-35-17-18-36-75(72)95(80)59-29-11-4-12-30-59)91-71-34-16-19-37-76(71)96(61-42-45-69-66-32-14-21-39-84(66)100-87(69)52-61)78-47-63(48-79(89(78)91)97(77)62-43-46-70-67-33-15-22-40-85(67)101-88(70)53-62)94(58-27-9-3-10-28-58)60-41-44-68-65-31-13-20-38-83(65)99-86(68)51-60/h1-55H. The molecular weight excluding hydrogens is 1570 g/mol. The predicted molar refractivity (Wildman–Crippen MR) is 432 cm³/mol. The Bertz CT molecular complexity index is 6420. The minimum Gasteiger partial charge on any atom is -0.0602 e. The second kappa shape index (κ2) is 23.1. The van der Waals surface area contributed by atoms with Crippen LogP contribution in [0, 0.1) is 0 Å². The molecule has 0 N–H and O–H groups in total. The number of benzene rings is 15. The molecule has 0 radical (unpaired) electrons. The third-order valence-corrected chi connectivity index (χ3v) is 30.9. The van der Waals surface area contributed by atoms with Gasteiger partial charge in [-0.3, -0.25) is 0 Å². The van der Waals surface area contributed by atoms with Gasteiger partial charge in [0.05, 0.1) is 0 Å². The van der Waals surface area contributed by atoms with Crippen molar-refractivity contribution in [2.75, 3.05) is 24.5 Å². The van der Waals surface area contributed by atoms with Gasteiger partial charge in [-0.2, -0.15) is 0 Å². The number of hydrogen-bond acceptors (Lipinski definition) is 6. The Balaban J connectivity index is 0.836. The zero-order chi connectivity index (χ0) is 66.0. The molecule has 4 aliphatic heterocycles. The summed E-state index contributed by atoms with van der Waals surface area (Å²) in [4.78, 5) is 12.7. The largest absolute Gasteiger partial charge is 0.0602 e. The molecule has 0 saturated heterocycles. The zero-order valence-corrected chi connectivity index (χ0v) is 61.3. The van der Waals surface area contributed by atoms with Crippen LogP contribution in [0.1, 0.15) is 0 Å². The van der Waals surface area contributed by atoms with Crippen LogP contribution in [0.2, 0.25) is 0 Å². The number of para-hydroxylation sites is 6. The van der Waals surface area contributed by atoms with Crippen molar-refractivity contribution in [3.05, 3.63) is 334 Å². The van der Waals surface area contributed by atoms with Gasteiger partial charge < -0.3 is 0 Å². The molecular formula is C90H55B2N5OTe3. The molecule has 4 aliphatic rings. The van der Waals surface area contributed by atoms with E-state index in [1.54, 1.807) is 0 Å². The fourth-order valence-electron chi connectivity index (χ4n) is 17.0. The molecule has 0 saturated carbocycles. The van der Waals surface area contributed by atoms with Crippen molar-refractivity contribution >= 4 is 246 Å². The van der Waals surface area contributed by atoms with Crippen molar-refractivity contribution in [3.63, 3.8) is 0 Å². The number of hydrogen-bond donors (Lipinski definition) is 0. The first-order valence-electron chi connectivity index (χ1n) is 34.4. The van der Waals surface area contributed by atoms with E-state index in [0.29, 0.717) is 0 Å². The molecule has 15 aromatic carbocycles. The van der Waals surface area contributed by atoms with Gasteiger partial charge in [-0.15, -0.1) is 0 Å². The molecule has 470 valence electrons. The Morgan fingerprint density at radius 3 is 1.16 bits per heavy atom. The van der Waals surface area contributed by atoms with Crippen LogP contribution in [0.3, 0.4) is 0 Å². The van der Waals surface area contributed by atoms with E-state index in [1.165, 1.54) is 91.6 Å². The van der Waals surface area contributed by atoms with Crippen LogP contribution < -0.4 is 62.0 Å². The molecule has 22 rings (SSSR count). The fraction of sp³-hybridized carbons (Fsp3) is 0. The molecule has 3 aromatic heterocycles. The van der Waals surface area contributed by atoms with E-state index in [-0.39, 0.29) is 13.4 Å².